The van der Waals surface area contributed by atoms with Gasteiger partial charge in [0.1, 0.15) is 0 Å². The fraction of sp³-hybridized carbons (Fsp3) is 0.900. The summed E-state index contributed by atoms with van der Waals surface area (Å²) >= 11 is 0. The molecule has 3 rings (SSSR count). The first-order valence-corrected chi connectivity index (χ1v) is 9.09. The third kappa shape index (κ3) is 2.13. The molecular formula is C20H34O2. The predicted molar refractivity (Wildman–Crippen MR) is 90.7 cm³/mol. The van der Waals surface area contributed by atoms with E-state index >= 15 is 0 Å². The van der Waals surface area contributed by atoms with Crippen LogP contribution in [0, 0.1) is 22.7 Å². The van der Waals surface area contributed by atoms with Crippen molar-refractivity contribution in [3.8, 4) is 0 Å². The lowest BCUT2D eigenvalue weighted by atomic mass is 9.44. The summed E-state index contributed by atoms with van der Waals surface area (Å²) in [5, 5.41) is 10.5. The van der Waals surface area contributed by atoms with Crippen LogP contribution in [0.1, 0.15) is 73.1 Å². The Morgan fingerprint density at radius 2 is 1.59 bits per heavy atom. The summed E-state index contributed by atoms with van der Waals surface area (Å²) in [6, 6.07) is 0. The largest absolute Gasteiger partial charge is 0.393 e. The molecule has 1 saturated heterocycles. The van der Waals surface area contributed by atoms with Gasteiger partial charge in [0.2, 0.25) is 0 Å². The molecule has 2 nitrogen and oxygen atoms in total. The van der Waals surface area contributed by atoms with Gasteiger partial charge in [0.05, 0.1) is 17.3 Å². The molecule has 0 aromatic heterocycles. The number of ether oxygens (including phenoxy) is 1. The van der Waals surface area contributed by atoms with Crippen LogP contribution in [0.4, 0.5) is 0 Å². The summed E-state index contributed by atoms with van der Waals surface area (Å²) in [6.07, 6.45) is 8.48. The summed E-state index contributed by atoms with van der Waals surface area (Å²) in [5.41, 5.74) is 0.106. The topological polar surface area (TPSA) is 29.5 Å². The molecule has 2 saturated carbocycles. The van der Waals surface area contributed by atoms with Crippen molar-refractivity contribution >= 4 is 0 Å². The minimum atomic E-state index is -0.169. The number of aliphatic hydroxyl groups excluding tert-OH is 1. The Morgan fingerprint density at radius 1 is 0.955 bits per heavy atom. The van der Waals surface area contributed by atoms with E-state index in [0.717, 1.165) is 25.7 Å². The molecule has 0 unspecified atom stereocenters. The van der Waals surface area contributed by atoms with Crippen molar-refractivity contribution < 1.29 is 9.84 Å². The Labute approximate surface area is 136 Å². The van der Waals surface area contributed by atoms with E-state index in [1.165, 1.54) is 12.8 Å². The van der Waals surface area contributed by atoms with Gasteiger partial charge in [0, 0.05) is 0 Å². The van der Waals surface area contributed by atoms with Crippen LogP contribution in [0.5, 0.6) is 0 Å². The molecule has 2 heteroatoms. The van der Waals surface area contributed by atoms with Gasteiger partial charge in [-0.15, -0.1) is 6.58 Å². The second kappa shape index (κ2) is 4.83. The lowest BCUT2D eigenvalue weighted by Gasteiger charge is -2.65. The Morgan fingerprint density at radius 3 is 2.23 bits per heavy atom. The monoisotopic (exact) mass is 306 g/mol. The van der Waals surface area contributed by atoms with Gasteiger partial charge in [-0.05, 0) is 75.0 Å². The van der Waals surface area contributed by atoms with E-state index in [0.29, 0.717) is 11.8 Å². The molecule has 3 fully saturated rings. The van der Waals surface area contributed by atoms with Crippen LogP contribution < -0.4 is 0 Å². The van der Waals surface area contributed by atoms with Crippen LogP contribution in [-0.2, 0) is 4.74 Å². The molecule has 3 aliphatic rings. The lowest BCUT2D eigenvalue weighted by Crippen LogP contribution is -2.64. The molecule has 6 atom stereocenters. The standard InChI is InChI=1S/C20H34O2/c1-7-18(4)11-8-15-19(5)12-10-16(21)17(2,3)14(19)9-13-20(15,6)22-18/h7,14-16,21H,1,8-13H2,2-6H3/t14-,15+,16-,18-,19-,20+/m1/s1. The molecule has 126 valence electrons. The smallest absolute Gasteiger partial charge is 0.0839 e. The molecule has 0 aromatic rings. The van der Waals surface area contributed by atoms with Gasteiger partial charge in [-0.25, -0.2) is 0 Å². The first-order valence-electron chi connectivity index (χ1n) is 9.09. The Balaban J connectivity index is 1.95. The summed E-state index contributed by atoms with van der Waals surface area (Å²) in [7, 11) is 0. The van der Waals surface area contributed by atoms with Gasteiger partial charge >= 0.3 is 0 Å². The SMILES string of the molecule is C=C[C@]1(C)CC[C@H]2[C@]3(C)CC[C@@H](O)C(C)(C)[C@H]3CC[C@]2(C)O1. The van der Waals surface area contributed by atoms with Crippen LogP contribution in [0.15, 0.2) is 12.7 Å². The fourth-order valence-electron chi connectivity index (χ4n) is 6.41. The molecule has 1 heterocycles. The quantitative estimate of drug-likeness (QED) is 0.711. The maximum Gasteiger partial charge on any atom is 0.0839 e. The maximum absolute atomic E-state index is 10.5. The van der Waals surface area contributed by atoms with Gasteiger partial charge in [0.15, 0.2) is 0 Å². The zero-order valence-corrected chi connectivity index (χ0v) is 15.1. The molecule has 1 aliphatic heterocycles. The Kier molecular flexibility index (Phi) is 3.63. The third-order valence-corrected chi connectivity index (χ3v) is 7.80. The van der Waals surface area contributed by atoms with E-state index in [2.05, 4.69) is 41.2 Å². The minimum absolute atomic E-state index is 0.0213. The minimum Gasteiger partial charge on any atom is -0.393 e. The van der Waals surface area contributed by atoms with Crippen LogP contribution >= 0.6 is 0 Å². The van der Waals surface area contributed by atoms with Gasteiger partial charge in [0.25, 0.3) is 0 Å². The molecule has 0 aromatic carbocycles. The van der Waals surface area contributed by atoms with Crippen LogP contribution in [0.3, 0.4) is 0 Å². The molecule has 0 bridgehead atoms. The van der Waals surface area contributed by atoms with E-state index < -0.39 is 0 Å². The molecule has 0 radical (unpaired) electrons. The summed E-state index contributed by atoms with van der Waals surface area (Å²) < 4.78 is 6.64. The van der Waals surface area contributed by atoms with Gasteiger partial charge in [-0.2, -0.15) is 0 Å². The molecular weight excluding hydrogens is 272 g/mol. The number of hydrogen-bond acceptors (Lipinski definition) is 2. The number of rotatable bonds is 1. The zero-order valence-electron chi connectivity index (χ0n) is 15.1. The molecule has 2 aliphatic carbocycles. The van der Waals surface area contributed by atoms with Gasteiger partial charge in [-0.1, -0.05) is 26.8 Å². The first kappa shape index (κ1) is 16.5. The summed E-state index contributed by atoms with van der Waals surface area (Å²) in [4.78, 5) is 0. The second-order valence-corrected chi connectivity index (χ2v) is 9.50. The summed E-state index contributed by atoms with van der Waals surface area (Å²) in [5.74, 6) is 1.19. The highest BCUT2D eigenvalue weighted by Gasteiger charge is 2.62. The first-order chi connectivity index (χ1) is 10.1. The average molecular weight is 306 g/mol. The van der Waals surface area contributed by atoms with E-state index in [4.69, 9.17) is 4.74 Å². The normalized spacial score (nSPS) is 54.2. The van der Waals surface area contributed by atoms with E-state index in [9.17, 15) is 5.11 Å². The predicted octanol–water partition coefficient (Wildman–Crippen LogP) is 4.71. The third-order valence-electron chi connectivity index (χ3n) is 7.80. The second-order valence-electron chi connectivity index (χ2n) is 9.50. The number of fused-ring (bicyclic) bond motifs is 3. The van der Waals surface area contributed by atoms with Crippen molar-refractivity contribution in [2.45, 2.75) is 90.4 Å². The van der Waals surface area contributed by atoms with Crippen molar-refractivity contribution in [1.29, 1.82) is 0 Å². The molecule has 22 heavy (non-hydrogen) atoms. The van der Waals surface area contributed by atoms with E-state index in [1.54, 1.807) is 0 Å². The highest BCUT2D eigenvalue weighted by molar-refractivity contribution is 5.13. The highest BCUT2D eigenvalue weighted by Crippen LogP contribution is 2.65. The van der Waals surface area contributed by atoms with Crippen LogP contribution in [0.2, 0.25) is 0 Å². The lowest BCUT2D eigenvalue weighted by molar-refractivity contribution is -0.262. The summed E-state index contributed by atoms with van der Waals surface area (Å²) in [6.45, 7) is 15.5. The highest BCUT2D eigenvalue weighted by atomic mass is 16.5. The average Bonchev–Trinajstić information content (AvgIpc) is 2.42. The number of aliphatic hydroxyl groups is 1. The number of hydrogen-bond donors (Lipinski definition) is 1. The van der Waals surface area contributed by atoms with Crippen molar-refractivity contribution in [3.63, 3.8) is 0 Å². The van der Waals surface area contributed by atoms with E-state index in [1.807, 2.05) is 6.08 Å². The van der Waals surface area contributed by atoms with Crippen molar-refractivity contribution in [2.24, 2.45) is 22.7 Å². The van der Waals surface area contributed by atoms with Crippen molar-refractivity contribution in [2.75, 3.05) is 0 Å². The molecule has 0 spiro atoms. The zero-order chi connectivity index (χ0) is 16.4. The van der Waals surface area contributed by atoms with Gasteiger partial charge in [-0.3, -0.25) is 0 Å². The molecule has 0 amide bonds. The van der Waals surface area contributed by atoms with Gasteiger partial charge < -0.3 is 9.84 Å². The van der Waals surface area contributed by atoms with Crippen LogP contribution in [-0.4, -0.2) is 22.4 Å². The van der Waals surface area contributed by atoms with Crippen molar-refractivity contribution in [3.05, 3.63) is 12.7 Å². The molecule has 1 N–H and O–H groups in total. The van der Waals surface area contributed by atoms with E-state index in [-0.39, 0.29) is 28.1 Å². The Hall–Kier alpha value is -0.340. The maximum atomic E-state index is 10.5. The fourth-order valence-corrected chi connectivity index (χ4v) is 6.41. The van der Waals surface area contributed by atoms with Crippen molar-refractivity contribution in [1.82, 2.24) is 0 Å². The van der Waals surface area contributed by atoms with Crippen LogP contribution in [0.25, 0.3) is 0 Å². The Bertz CT molecular complexity index is 470.